The predicted molar refractivity (Wildman–Crippen MR) is 57.0 cm³/mol. The third-order valence-corrected chi connectivity index (χ3v) is 5.35. The molecule has 0 radical (unpaired) electrons. The van der Waals surface area contributed by atoms with Gasteiger partial charge in [-0.2, -0.15) is 5.26 Å². The second-order valence-corrected chi connectivity index (χ2v) is 5.93. The zero-order valence-electron chi connectivity index (χ0n) is 5.14. The van der Waals surface area contributed by atoms with Crippen molar-refractivity contribution in [3.8, 4) is 6.07 Å². The van der Waals surface area contributed by atoms with E-state index in [0.29, 0.717) is 0 Å². The smallest absolute Gasteiger partial charge is 0.135 e. The number of thiophene rings is 1. The second-order valence-electron chi connectivity index (χ2n) is 1.76. The minimum Gasteiger partial charge on any atom is -0.197 e. The average molecular weight is 360 g/mol. The van der Waals surface area contributed by atoms with Gasteiger partial charge in [-0.05, 0) is 37.9 Å². The maximum absolute atomic E-state index is 8.57. The summed E-state index contributed by atoms with van der Waals surface area (Å²) in [7, 11) is 0. The number of rotatable bonds is 1. The molecule has 0 saturated heterocycles. The van der Waals surface area contributed by atoms with Crippen molar-refractivity contribution in [2.75, 3.05) is 0 Å². The summed E-state index contributed by atoms with van der Waals surface area (Å²) in [5.74, 6) is 0. The first-order chi connectivity index (χ1) is 5.15. The number of nitrogens with zero attached hydrogens (tertiary/aromatic N) is 1. The van der Waals surface area contributed by atoms with Crippen molar-refractivity contribution in [1.29, 1.82) is 5.26 Å². The van der Waals surface area contributed by atoms with E-state index in [-0.39, 0.29) is 4.83 Å². The van der Waals surface area contributed by atoms with Crippen LogP contribution in [0.2, 0.25) is 0 Å². The van der Waals surface area contributed by atoms with Gasteiger partial charge in [-0.25, -0.2) is 0 Å². The largest absolute Gasteiger partial charge is 0.197 e. The summed E-state index contributed by atoms with van der Waals surface area (Å²) >= 11 is 11.5. The van der Waals surface area contributed by atoms with Crippen LogP contribution in [0.3, 0.4) is 0 Å². The summed E-state index contributed by atoms with van der Waals surface area (Å²) in [6.45, 7) is 0. The van der Waals surface area contributed by atoms with Gasteiger partial charge in [0.1, 0.15) is 4.83 Å². The van der Waals surface area contributed by atoms with Gasteiger partial charge >= 0.3 is 0 Å². The summed E-state index contributed by atoms with van der Waals surface area (Å²) < 4.78 is 2.02. The van der Waals surface area contributed by atoms with Crippen molar-refractivity contribution < 1.29 is 0 Å². The summed E-state index contributed by atoms with van der Waals surface area (Å²) in [6.07, 6.45) is 0. The van der Waals surface area contributed by atoms with Crippen molar-refractivity contribution in [3.63, 3.8) is 0 Å². The first kappa shape index (κ1) is 9.72. The molecule has 5 heteroatoms. The van der Waals surface area contributed by atoms with Crippen LogP contribution >= 0.6 is 59.1 Å². The third kappa shape index (κ3) is 2.28. The SMILES string of the molecule is N#CC(Br)c1cc(Br)c(Br)s1. The molecule has 1 rings (SSSR count). The van der Waals surface area contributed by atoms with Gasteiger partial charge in [0.15, 0.2) is 0 Å². The minimum atomic E-state index is -0.199. The highest BCUT2D eigenvalue weighted by Gasteiger charge is 2.11. The van der Waals surface area contributed by atoms with Crippen molar-refractivity contribution >= 4 is 59.1 Å². The first-order valence-electron chi connectivity index (χ1n) is 2.63. The molecule has 0 fully saturated rings. The number of nitriles is 1. The van der Waals surface area contributed by atoms with E-state index in [2.05, 4.69) is 53.9 Å². The van der Waals surface area contributed by atoms with Crippen molar-refractivity contribution in [1.82, 2.24) is 0 Å². The molecule has 1 unspecified atom stereocenters. The predicted octanol–water partition coefficient (Wildman–Crippen LogP) is 4.23. The van der Waals surface area contributed by atoms with Crippen molar-refractivity contribution in [2.45, 2.75) is 4.83 Å². The first-order valence-corrected chi connectivity index (χ1v) is 5.95. The zero-order chi connectivity index (χ0) is 8.43. The molecule has 1 aromatic rings. The summed E-state index contributed by atoms with van der Waals surface area (Å²) in [6, 6.07) is 4.04. The highest BCUT2D eigenvalue weighted by molar-refractivity contribution is 9.13. The minimum absolute atomic E-state index is 0.199. The normalized spacial score (nSPS) is 12.5. The van der Waals surface area contributed by atoms with Crippen LogP contribution in [0.5, 0.6) is 0 Å². The Kier molecular flexibility index (Phi) is 3.56. The van der Waals surface area contributed by atoms with E-state index in [1.54, 1.807) is 11.3 Å². The molecule has 0 aromatic carbocycles. The van der Waals surface area contributed by atoms with Gasteiger partial charge in [0.2, 0.25) is 0 Å². The van der Waals surface area contributed by atoms with Crippen LogP contribution in [-0.2, 0) is 0 Å². The Bertz CT molecular complexity index is 282. The topological polar surface area (TPSA) is 23.8 Å². The molecule has 58 valence electrons. The molecule has 0 N–H and O–H groups in total. The molecule has 0 aliphatic rings. The average Bonchev–Trinajstić information content (AvgIpc) is 2.31. The Hall–Kier alpha value is 0.630. The number of halogens is 3. The van der Waals surface area contributed by atoms with Gasteiger partial charge in [-0.3, -0.25) is 0 Å². The monoisotopic (exact) mass is 357 g/mol. The molecular weight excluding hydrogens is 358 g/mol. The molecule has 11 heavy (non-hydrogen) atoms. The lowest BCUT2D eigenvalue weighted by atomic mass is 10.4. The lowest BCUT2D eigenvalue weighted by Crippen LogP contribution is -1.76. The van der Waals surface area contributed by atoms with Crippen molar-refractivity contribution in [2.24, 2.45) is 0 Å². The molecule has 0 bridgehead atoms. The summed E-state index contributed by atoms with van der Waals surface area (Å²) in [5, 5.41) is 8.57. The molecule has 1 aromatic heterocycles. The molecule has 0 spiro atoms. The molecular formula is C6H2Br3NS. The fourth-order valence-electron chi connectivity index (χ4n) is 0.552. The molecule has 0 saturated carbocycles. The van der Waals surface area contributed by atoms with Crippen LogP contribution in [-0.4, -0.2) is 0 Å². The Balaban J connectivity index is 2.99. The molecule has 0 amide bonds. The van der Waals surface area contributed by atoms with Crippen LogP contribution in [0.1, 0.15) is 9.70 Å². The Morgan fingerprint density at radius 2 is 2.18 bits per heavy atom. The van der Waals surface area contributed by atoms with E-state index < -0.39 is 0 Å². The van der Waals surface area contributed by atoms with E-state index in [1.165, 1.54) is 0 Å². The van der Waals surface area contributed by atoms with Crippen LogP contribution in [0.4, 0.5) is 0 Å². The fraction of sp³-hybridized carbons (Fsp3) is 0.167. The molecule has 1 nitrogen and oxygen atoms in total. The van der Waals surface area contributed by atoms with Gasteiger partial charge in [-0.15, -0.1) is 11.3 Å². The van der Waals surface area contributed by atoms with E-state index in [4.69, 9.17) is 5.26 Å². The molecule has 1 heterocycles. The summed E-state index contributed by atoms with van der Waals surface area (Å²) in [4.78, 5) is 0.807. The lowest BCUT2D eigenvalue weighted by molar-refractivity contribution is 1.30. The maximum atomic E-state index is 8.57. The van der Waals surface area contributed by atoms with E-state index >= 15 is 0 Å². The van der Waals surface area contributed by atoms with E-state index in [0.717, 1.165) is 13.1 Å². The Morgan fingerprint density at radius 3 is 2.55 bits per heavy atom. The molecule has 0 aliphatic carbocycles. The Labute approximate surface area is 93.8 Å². The highest BCUT2D eigenvalue weighted by atomic mass is 79.9. The maximum Gasteiger partial charge on any atom is 0.135 e. The quantitative estimate of drug-likeness (QED) is 0.688. The molecule has 0 aliphatic heterocycles. The second kappa shape index (κ2) is 4.04. The standard InChI is InChI=1S/C6H2Br3NS/c7-3-1-5(4(8)2-10)11-6(3)9/h1,4H. The number of alkyl halides is 1. The van der Waals surface area contributed by atoms with Crippen LogP contribution in [0.15, 0.2) is 14.3 Å². The van der Waals surface area contributed by atoms with Gasteiger partial charge in [0, 0.05) is 9.35 Å². The van der Waals surface area contributed by atoms with Crippen LogP contribution < -0.4 is 0 Å². The zero-order valence-corrected chi connectivity index (χ0v) is 10.7. The van der Waals surface area contributed by atoms with Crippen molar-refractivity contribution in [3.05, 3.63) is 19.2 Å². The highest BCUT2D eigenvalue weighted by Crippen LogP contribution is 2.37. The number of hydrogen-bond donors (Lipinski definition) is 0. The lowest BCUT2D eigenvalue weighted by Gasteiger charge is -1.90. The van der Waals surface area contributed by atoms with Gasteiger partial charge in [0.05, 0.1) is 9.86 Å². The van der Waals surface area contributed by atoms with Crippen LogP contribution in [0.25, 0.3) is 0 Å². The molecule has 1 atom stereocenters. The summed E-state index contributed by atoms with van der Waals surface area (Å²) in [5.41, 5.74) is 0. The van der Waals surface area contributed by atoms with E-state index in [1.807, 2.05) is 6.07 Å². The Morgan fingerprint density at radius 1 is 1.55 bits per heavy atom. The van der Waals surface area contributed by atoms with Gasteiger partial charge in [0.25, 0.3) is 0 Å². The van der Waals surface area contributed by atoms with Gasteiger partial charge < -0.3 is 0 Å². The van der Waals surface area contributed by atoms with E-state index in [9.17, 15) is 0 Å². The number of hydrogen-bond acceptors (Lipinski definition) is 2. The third-order valence-electron chi connectivity index (χ3n) is 1.03. The fourth-order valence-corrected chi connectivity index (χ4v) is 2.98. The van der Waals surface area contributed by atoms with Crippen LogP contribution in [0, 0.1) is 11.3 Å². The van der Waals surface area contributed by atoms with Gasteiger partial charge in [-0.1, -0.05) is 15.9 Å².